The number of terminal acetylenes is 1. The Morgan fingerprint density at radius 2 is 2.26 bits per heavy atom. The Bertz CT molecular complexity index is 439. The van der Waals surface area contributed by atoms with Gasteiger partial charge < -0.3 is 19.9 Å². The minimum atomic E-state index is -0.209. The molecule has 1 aromatic carbocycles. The van der Waals surface area contributed by atoms with Crippen LogP contribution in [0.2, 0.25) is 0 Å². The van der Waals surface area contributed by atoms with Crippen LogP contribution in [0.25, 0.3) is 0 Å². The van der Waals surface area contributed by atoms with E-state index in [1.807, 2.05) is 0 Å². The first-order chi connectivity index (χ1) is 9.27. The van der Waals surface area contributed by atoms with Crippen LogP contribution in [-0.2, 0) is 4.74 Å². The molecule has 0 heterocycles. The van der Waals surface area contributed by atoms with E-state index in [0.717, 1.165) is 0 Å². The largest absolute Gasteiger partial charge is 0.481 e. The molecule has 0 aromatic heterocycles. The van der Waals surface area contributed by atoms with Gasteiger partial charge in [-0.3, -0.25) is 4.79 Å². The molecule has 1 rings (SSSR count). The van der Waals surface area contributed by atoms with Crippen molar-refractivity contribution in [3.05, 3.63) is 29.8 Å². The van der Waals surface area contributed by atoms with Crippen LogP contribution in [0.15, 0.2) is 24.3 Å². The van der Waals surface area contributed by atoms with Crippen LogP contribution >= 0.6 is 0 Å². The zero-order valence-corrected chi connectivity index (χ0v) is 10.6. The molecule has 0 aliphatic heterocycles. The number of benzene rings is 1. The molecule has 0 aliphatic carbocycles. The maximum absolute atomic E-state index is 11.8. The quantitative estimate of drug-likeness (QED) is 0.527. The molecule has 19 heavy (non-hydrogen) atoms. The Morgan fingerprint density at radius 1 is 1.42 bits per heavy atom. The Kier molecular flexibility index (Phi) is 7.10. The van der Waals surface area contributed by atoms with E-state index in [-0.39, 0.29) is 25.7 Å². The lowest BCUT2D eigenvalue weighted by Crippen LogP contribution is -2.27. The summed E-state index contributed by atoms with van der Waals surface area (Å²) in [6.45, 7) is 1.15. The molecule has 0 spiro atoms. The highest BCUT2D eigenvalue weighted by molar-refractivity contribution is 5.94. The molecule has 0 atom stereocenters. The summed E-state index contributed by atoms with van der Waals surface area (Å²) < 4.78 is 10.3. The van der Waals surface area contributed by atoms with Gasteiger partial charge in [0.2, 0.25) is 0 Å². The molecule has 0 aliphatic rings. The summed E-state index contributed by atoms with van der Waals surface area (Å²) in [4.78, 5) is 11.8. The molecular weight excluding hydrogens is 246 g/mol. The molecule has 1 amide bonds. The molecule has 5 heteroatoms. The van der Waals surface area contributed by atoms with Crippen molar-refractivity contribution in [2.24, 2.45) is 0 Å². The summed E-state index contributed by atoms with van der Waals surface area (Å²) in [5, 5.41) is 11.2. The van der Waals surface area contributed by atoms with Crippen molar-refractivity contribution in [2.75, 3.05) is 33.0 Å². The molecule has 0 fully saturated rings. The third-order valence-electron chi connectivity index (χ3n) is 2.19. The standard InChI is InChI=1S/C14H17NO4/c1-2-8-19-13-5-3-4-12(11-13)14(17)15-6-9-18-10-7-16/h1,3-5,11,16H,6-10H2,(H,15,17). The molecule has 1 aromatic rings. The van der Waals surface area contributed by atoms with Crippen LogP contribution < -0.4 is 10.1 Å². The highest BCUT2D eigenvalue weighted by Crippen LogP contribution is 2.12. The second-order valence-electron chi connectivity index (χ2n) is 3.61. The smallest absolute Gasteiger partial charge is 0.251 e. The summed E-state index contributed by atoms with van der Waals surface area (Å²) in [5.41, 5.74) is 0.497. The zero-order valence-electron chi connectivity index (χ0n) is 10.6. The van der Waals surface area contributed by atoms with Gasteiger partial charge in [0.15, 0.2) is 0 Å². The van der Waals surface area contributed by atoms with Crippen molar-refractivity contribution < 1.29 is 19.4 Å². The average molecular weight is 263 g/mol. The van der Waals surface area contributed by atoms with E-state index >= 15 is 0 Å². The van der Waals surface area contributed by atoms with E-state index in [4.69, 9.17) is 21.0 Å². The molecule has 0 saturated heterocycles. The average Bonchev–Trinajstić information content (AvgIpc) is 2.45. The SMILES string of the molecule is C#CCOc1cccc(C(=O)NCCOCCO)c1. The van der Waals surface area contributed by atoms with Crippen molar-refractivity contribution in [3.8, 4) is 18.1 Å². The zero-order chi connectivity index (χ0) is 13.9. The normalized spacial score (nSPS) is 9.68. The Balaban J connectivity index is 2.41. The third-order valence-corrected chi connectivity index (χ3v) is 2.19. The van der Waals surface area contributed by atoms with Gasteiger partial charge in [0.25, 0.3) is 5.91 Å². The number of aliphatic hydroxyl groups excluding tert-OH is 1. The third kappa shape index (κ3) is 5.91. The molecule has 0 unspecified atom stereocenters. The minimum Gasteiger partial charge on any atom is -0.481 e. The van der Waals surface area contributed by atoms with Gasteiger partial charge in [-0.1, -0.05) is 12.0 Å². The fourth-order valence-electron chi connectivity index (χ4n) is 1.36. The molecule has 2 N–H and O–H groups in total. The lowest BCUT2D eigenvalue weighted by molar-refractivity contribution is 0.0838. The highest BCUT2D eigenvalue weighted by Gasteiger charge is 2.05. The number of nitrogens with one attached hydrogen (secondary N) is 1. The number of hydrogen-bond acceptors (Lipinski definition) is 4. The first kappa shape index (κ1) is 15.0. The number of hydrogen-bond donors (Lipinski definition) is 2. The van der Waals surface area contributed by atoms with Crippen LogP contribution in [0.3, 0.4) is 0 Å². The molecule has 0 saturated carbocycles. The van der Waals surface area contributed by atoms with Crippen molar-refractivity contribution in [2.45, 2.75) is 0 Å². The van der Waals surface area contributed by atoms with E-state index in [1.165, 1.54) is 0 Å². The second kappa shape index (κ2) is 8.97. The monoisotopic (exact) mass is 263 g/mol. The molecular formula is C14H17NO4. The van der Waals surface area contributed by atoms with E-state index in [0.29, 0.717) is 24.5 Å². The Morgan fingerprint density at radius 3 is 3.00 bits per heavy atom. The predicted octanol–water partition coefficient (Wildman–Crippen LogP) is 0.437. The fourth-order valence-corrected chi connectivity index (χ4v) is 1.36. The summed E-state index contributed by atoms with van der Waals surface area (Å²) in [5.74, 6) is 2.71. The van der Waals surface area contributed by atoms with Gasteiger partial charge in [0.05, 0.1) is 19.8 Å². The predicted molar refractivity (Wildman–Crippen MR) is 71.0 cm³/mol. The van der Waals surface area contributed by atoms with Gasteiger partial charge >= 0.3 is 0 Å². The van der Waals surface area contributed by atoms with Crippen molar-refractivity contribution >= 4 is 5.91 Å². The first-order valence-electron chi connectivity index (χ1n) is 5.91. The second-order valence-corrected chi connectivity index (χ2v) is 3.61. The number of aliphatic hydroxyl groups is 1. The lowest BCUT2D eigenvalue weighted by atomic mass is 10.2. The van der Waals surface area contributed by atoms with Gasteiger partial charge in [-0.2, -0.15) is 0 Å². The number of amides is 1. The van der Waals surface area contributed by atoms with Crippen LogP contribution in [-0.4, -0.2) is 44.0 Å². The van der Waals surface area contributed by atoms with Gasteiger partial charge in [-0.25, -0.2) is 0 Å². The Labute approximate surface area is 112 Å². The summed E-state index contributed by atoms with van der Waals surface area (Å²) in [6.07, 6.45) is 5.09. The van der Waals surface area contributed by atoms with Crippen LogP contribution in [0, 0.1) is 12.3 Å². The fraction of sp³-hybridized carbons (Fsp3) is 0.357. The van der Waals surface area contributed by atoms with E-state index in [9.17, 15) is 4.79 Å². The van der Waals surface area contributed by atoms with Crippen LogP contribution in [0.5, 0.6) is 5.75 Å². The number of carbonyl (C=O) groups excluding carboxylic acids is 1. The van der Waals surface area contributed by atoms with Gasteiger partial charge in [0, 0.05) is 12.1 Å². The van der Waals surface area contributed by atoms with E-state index in [1.54, 1.807) is 24.3 Å². The van der Waals surface area contributed by atoms with E-state index in [2.05, 4.69) is 11.2 Å². The van der Waals surface area contributed by atoms with Crippen molar-refractivity contribution in [1.82, 2.24) is 5.32 Å². The van der Waals surface area contributed by atoms with Gasteiger partial charge in [-0.15, -0.1) is 6.42 Å². The molecule has 0 radical (unpaired) electrons. The van der Waals surface area contributed by atoms with Crippen LogP contribution in [0.1, 0.15) is 10.4 Å². The maximum Gasteiger partial charge on any atom is 0.251 e. The number of carbonyl (C=O) groups is 1. The minimum absolute atomic E-state index is 0.0253. The van der Waals surface area contributed by atoms with Gasteiger partial charge in [0.1, 0.15) is 12.4 Å². The molecule has 102 valence electrons. The summed E-state index contributed by atoms with van der Waals surface area (Å²) >= 11 is 0. The Hall–Kier alpha value is -2.03. The first-order valence-corrected chi connectivity index (χ1v) is 5.91. The van der Waals surface area contributed by atoms with Crippen molar-refractivity contribution in [3.63, 3.8) is 0 Å². The summed E-state index contributed by atoms with van der Waals surface area (Å²) in [7, 11) is 0. The number of rotatable bonds is 8. The molecule has 5 nitrogen and oxygen atoms in total. The summed E-state index contributed by atoms with van der Waals surface area (Å²) in [6, 6.07) is 6.77. The molecule has 0 bridgehead atoms. The number of ether oxygens (including phenoxy) is 2. The lowest BCUT2D eigenvalue weighted by Gasteiger charge is -2.07. The highest BCUT2D eigenvalue weighted by atomic mass is 16.5. The maximum atomic E-state index is 11.8. The van der Waals surface area contributed by atoms with Gasteiger partial charge in [-0.05, 0) is 18.2 Å². The van der Waals surface area contributed by atoms with Crippen LogP contribution in [0.4, 0.5) is 0 Å². The van der Waals surface area contributed by atoms with Crippen molar-refractivity contribution in [1.29, 1.82) is 0 Å². The van der Waals surface area contributed by atoms with E-state index < -0.39 is 0 Å². The topological polar surface area (TPSA) is 67.8 Å².